The van der Waals surface area contributed by atoms with E-state index in [-0.39, 0.29) is 5.56 Å². The van der Waals surface area contributed by atoms with Crippen molar-refractivity contribution in [3.05, 3.63) is 21.8 Å². The number of aromatic nitrogens is 1. The number of rotatable bonds is 2. The maximum atomic E-state index is 11.3. The Labute approximate surface area is 95.2 Å². The Kier molecular flexibility index (Phi) is 3.15. The maximum absolute atomic E-state index is 11.3. The van der Waals surface area contributed by atoms with Crippen LogP contribution >= 0.6 is 15.9 Å². The Bertz CT molecular complexity index is 524. The molecule has 0 aliphatic heterocycles. The number of carboxylic acids is 1. The van der Waals surface area contributed by atoms with Gasteiger partial charge in [-0.25, -0.2) is 18.2 Å². The number of sulfone groups is 1. The minimum absolute atomic E-state index is 0.324. The highest BCUT2D eigenvalue weighted by molar-refractivity contribution is 9.10. The summed E-state index contributed by atoms with van der Waals surface area (Å²) in [6.45, 7) is 1.59. The van der Waals surface area contributed by atoms with Gasteiger partial charge in [0.25, 0.3) is 0 Å². The lowest BCUT2D eigenvalue weighted by Gasteiger charge is -2.05. The van der Waals surface area contributed by atoms with E-state index in [1.807, 2.05) is 0 Å². The first kappa shape index (κ1) is 12.1. The van der Waals surface area contributed by atoms with Crippen molar-refractivity contribution >= 4 is 31.7 Å². The SMILES string of the molecule is Cc1nc(S(C)(=O)=O)c(C(=O)O)cc1Br. The van der Waals surface area contributed by atoms with Gasteiger partial charge in [0.1, 0.15) is 0 Å². The van der Waals surface area contributed by atoms with Crippen LogP contribution in [0.25, 0.3) is 0 Å². The van der Waals surface area contributed by atoms with Gasteiger partial charge < -0.3 is 5.11 Å². The summed E-state index contributed by atoms with van der Waals surface area (Å²) in [4.78, 5) is 14.6. The van der Waals surface area contributed by atoms with Gasteiger partial charge in [-0.15, -0.1) is 0 Å². The average molecular weight is 294 g/mol. The number of aryl methyl sites for hydroxylation is 1. The van der Waals surface area contributed by atoms with Crippen molar-refractivity contribution in [2.45, 2.75) is 11.9 Å². The lowest BCUT2D eigenvalue weighted by Crippen LogP contribution is -2.11. The van der Waals surface area contributed by atoms with Crippen molar-refractivity contribution in [2.75, 3.05) is 6.26 Å². The van der Waals surface area contributed by atoms with Crippen LogP contribution in [0.5, 0.6) is 0 Å². The second-order valence-electron chi connectivity index (χ2n) is 2.99. The van der Waals surface area contributed by atoms with Crippen LogP contribution in [0, 0.1) is 6.92 Å². The van der Waals surface area contributed by atoms with E-state index in [2.05, 4.69) is 20.9 Å². The van der Waals surface area contributed by atoms with E-state index in [4.69, 9.17) is 5.11 Å². The molecule has 1 N–H and O–H groups in total. The molecule has 0 fully saturated rings. The topological polar surface area (TPSA) is 84.3 Å². The molecule has 0 radical (unpaired) electrons. The third-order valence-electron chi connectivity index (χ3n) is 1.70. The molecule has 7 heteroatoms. The van der Waals surface area contributed by atoms with Crippen LogP contribution < -0.4 is 0 Å². The summed E-state index contributed by atoms with van der Waals surface area (Å²) in [7, 11) is -3.63. The molecular formula is C8H8BrNO4S. The van der Waals surface area contributed by atoms with E-state index in [9.17, 15) is 13.2 Å². The molecule has 0 atom stereocenters. The van der Waals surface area contributed by atoms with Gasteiger partial charge in [0.2, 0.25) is 0 Å². The van der Waals surface area contributed by atoms with Gasteiger partial charge >= 0.3 is 5.97 Å². The van der Waals surface area contributed by atoms with Crippen molar-refractivity contribution < 1.29 is 18.3 Å². The summed E-state index contributed by atoms with van der Waals surface area (Å²) in [6.07, 6.45) is 0.926. The van der Waals surface area contributed by atoms with Crippen LogP contribution in [0.15, 0.2) is 15.6 Å². The first-order valence-electron chi connectivity index (χ1n) is 3.84. The Balaban J connectivity index is 3.64. The summed E-state index contributed by atoms with van der Waals surface area (Å²) in [5.74, 6) is -1.32. The largest absolute Gasteiger partial charge is 0.478 e. The molecule has 0 spiro atoms. The number of halogens is 1. The van der Waals surface area contributed by atoms with E-state index in [0.717, 1.165) is 6.26 Å². The molecule has 82 valence electrons. The summed E-state index contributed by atoms with van der Waals surface area (Å²) in [6, 6.07) is 1.24. The molecule has 1 aromatic rings. The summed E-state index contributed by atoms with van der Waals surface area (Å²) >= 11 is 3.09. The highest BCUT2D eigenvalue weighted by Gasteiger charge is 2.21. The van der Waals surface area contributed by atoms with Crippen LogP contribution in [0.1, 0.15) is 16.1 Å². The van der Waals surface area contributed by atoms with Crippen LogP contribution in [-0.2, 0) is 9.84 Å². The van der Waals surface area contributed by atoms with Gasteiger partial charge in [-0.1, -0.05) is 0 Å². The smallest absolute Gasteiger partial charge is 0.338 e. The Morgan fingerprint density at radius 1 is 1.53 bits per heavy atom. The molecule has 0 unspecified atom stereocenters. The summed E-state index contributed by atoms with van der Waals surface area (Å²) in [5.41, 5.74) is 0.107. The van der Waals surface area contributed by atoms with E-state index in [1.54, 1.807) is 6.92 Å². The van der Waals surface area contributed by atoms with Gasteiger partial charge in [0.05, 0.1) is 11.3 Å². The van der Waals surface area contributed by atoms with Gasteiger partial charge in [0.15, 0.2) is 14.9 Å². The molecule has 0 aromatic carbocycles. The Morgan fingerprint density at radius 3 is 2.47 bits per heavy atom. The fourth-order valence-electron chi connectivity index (χ4n) is 0.995. The van der Waals surface area contributed by atoms with E-state index < -0.39 is 20.8 Å². The predicted octanol–water partition coefficient (Wildman–Crippen LogP) is 1.25. The zero-order chi connectivity index (χ0) is 11.8. The van der Waals surface area contributed by atoms with Crippen LogP contribution in [-0.4, -0.2) is 30.7 Å². The molecule has 15 heavy (non-hydrogen) atoms. The maximum Gasteiger partial charge on any atom is 0.338 e. The van der Waals surface area contributed by atoms with Crippen LogP contribution in [0.2, 0.25) is 0 Å². The third-order valence-corrected chi connectivity index (χ3v) is 3.51. The normalized spacial score (nSPS) is 11.4. The Morgan fingerprint density at radius 2 is 2.07 bits per heavy atom. The number of nitrogens with zero attached hydrogens (tertiary/aromatic N) is 1. The number of aromatic carboxylic acids is 1. The second-order valence-corrected chi connectivity index (χ2v) is 5.77. The first-order valence-corrected chi connectivity index (χ1v) is 6.52. The zero-order valence-corrected chi connectivity index (χ0v) is 10.4. The number of hydrogen-bond acceptors (Lipinski definition) is 4. The fraction of sp³-hybridized carbons (Fsp3) is 0.250. The minimum atomic E-state index is -3.63. The fourth-order valence-corrected chi connectivity index (χ4v) is 2.16. The van der Waals surface area contributed by atoms with E-state index in [1.165, 1.54) is 6.07 Å². The molecule has 0 saturated carbocycles. The molecule has 1 heterocycles. The van der Waals surface area contributed by atoms with Crippen molar-refractivity contribution in [3.63, 3.8) is 0 Å². The molecule has 5 nitrogen and oxygen atoms in total. The highest BCUT2D eigenvalue weighted by atomic mass is 79.9. The minimum Gasteiger partial charge on any atom is -0.478 e. The molecular weight excluding hydrogens is 286 g/mol. The first-order chi connectivity index (χ1) is 6.73. The number of carbonyl (C=O) groups is 1. The van der Waals surface area contributed by atoms with Crippen molar-refractivity contribution in [2.24, 2.45) is 0 Å². The molecule has 1 rings (SSSR count). The van der Waals surface area contributed by atoms with E-state index >= 15 is 0 Å². The van der Waals surface area contributed by atoms with Crippen LogP contribution in [0.4, 0.5) is 0 Å². The molecule has 0 aliphatic carbocycles. The number of hydrogen-bond donors (Lipinski definition) is 1. The summed E-state index contributed by atoms with van der Waals surface area (Å²) < 4.78 is 23.0. The standard InChI is InChI=1S/C8H8BrNO4S/c1-4-6(9)3-5(8(11)12)7(10-4)15(2,13)14/h3H,1-2H3,(H,11,12). The lowest BCUT2D eigenvalue weighted by molar-refractivity contribution is 0.0691. The van der Waals surface area contributed by atoms with Crippen molar-refractivity contribution in [3.8, 4) is 0 Å². The average Bonchev–Trinajstić information content (AvgIpc) is 2.06. The molecule has 0 aliphatic rings. The van der Waals surface area contributed by atoms with E-state index in [0.29, 0.717) is 10.2 Å². The van der Waals surface area contributed by atoms with Gasteiger partial charge in [0, 0.05) is 10.7 Å². The lowest BCUT2D eigenvalue weighted by atomic mass is 10.2. The Hall–Kier alpha value is -0.950. The predicted molar refractivity (Wildman–Crippen MR) is 56.7 cm³/mol. The van der Waals surface area contributed by atoms with Gasteiger partial charge in [-0.2, -0.15) is 0 Å². The molecule has 0 saturated heterocycles. The molecule has 1 aromatic heterocycles. The molecule has 0 bridgehead atoms. The van der Waals surface area contributed by atoms with Crippen molar-refractivity contribution in [1.29, 1.82) is 0 Å². The monoisotopic (exact) mass is 293 g/mol. The quantitative estimate of drug-likeness (QED) is 0.887. The number of pyridine rings is 1. The third kappa shape index (κ3) is 2.54. The van der Waals surface area contributed by atoms with Crippen molar-refractivity contribution in [1.82, 2.24) is 4.98 Å². The van der Waals surface area contributed by atoms with Gasteiger partial charge in [-0.05, 0) is 28.9 Å². The zero-order valence-electron chi connectivity index (χ0n) is 7.98. The molecule has 0 amide bonds. The number of carboxylic acid groups (broad SMARTS) is 1. The van der Waals surface area contributed by atoms with Crippen LogP contribution in [0.3, 0.4) is 0 Å². The highest BCUT2D eigenvalue weighted by Crippen LogP contribution is 2.21. The second kappa shape index (κ2) is 3.90. The summed E-state index contributed by atoms with van der Waals surface area (Å²) in [5, 5.41) is 8.41. The van der Waals surface area contributed by atoms with Gasteiger partial charge in [-0.3, -0.25) is 0 Å².